The maximum Gasteiger partial charge on any atom is 0.288 e. The predicted molar refractivity (Wildman–Crippen MR) is 101 cm³/mol. The first-order chi connectivity index (χ1) is 12.5. The SMILES string of the molecule is CCn1c(N/N=C\c2ccc(Cl)c([N+](=O)[O-])c2)nc2ccccc2c1=O. The number of fused-ring (bicyclic) bond motifs is 1. The Kier molecular flexibility index (Phi) is 4.94. The zero-order chi connectivity index (χ0) is 18.7. The summed E-state index contributed by atoms with van der Waals surface area (Å²) in [5.41, 5.74) is 3.40. The summed E-state index contributed by atoms with van der Waals surface area (Å²) in [5.74, 6) is 0.288. The lowest BCUT2D eigenvalue weighted by Gasteiger charge is -2.10. The van der Waals surface area contributed by atoms with Crippen molar-refractivity contribution in [2.24, 2.45) is 5.10 Å². The molecule has 1 aromatic heterocycles. The molecule has 0 unspecified atom stereocenters. The van der Waals surface area contributed by atoms with E-state index in [4.69, 9.17) is 11.6 Å². The van der Waals surface area contributed by atoms with Gasteiger partial charge in [-0.05, 0) is 25.1 Å². The summed E-state index contributed by atoms with van der Waals surface area (Å²) in [5, 5.41) is 15.5. The molecule has 3 rings (SSSR count). The van der Waals surface area contributed by atoms with Gasteiger partial charge >= 0.3 is 0 Å². The van der Waals surface area contributed by atoms with E-state index in [9.17, 15) is 14.9 Å². The van der Waals surface area contributed by atoms with Gasteiger partial charge in [0.2, 0.25) is 5.95 Å². The van der Waals surface area contributed by atoms with Crippen LogP contribution in [0.5, 0.6) is 0 Å². The first kappa shape index (κ1) is 17.6. The van der Waals surface area contributed by atoms with Crippen LogP contribution >= 0.6 is 11.6 Å². The molecule has 0 amide bonds. The number of nitro groups is 1. The van der Waals surface area contributed by atoms with Crippen LogP contribution in [0.3, 0.4) is 0 Å². The molecule has 0 aliphatic carbocycles. The molecule has 0 radical (unpaired) electrons. The van der Waals surface area contributed by atoms with Crippen LogP contribution in [0.25, 0.3) is 10.9 Å². The molecule has 26 heavy (non-hydrogen) atoms. The van der Waals surface area contributed by atoms with Gasteiger partial charge in [-0.3, -0.25) is 19.5 Å². The zero-order valence-corrected chi connectivity index (χ0v) is 14.5. The molecule has 1 heterocycles. The summed E-state index contributed by atoms with van der Waals surface area (Å²) in [4.78, 5) is 27.3. The quantitative estimate of drug-likeness (QED) is 0.420. The Morgan fingerprint density at radius 2 is 2.12 bits per heavy atom. The minimum absolute atomic E-state index is 0.0520. The van der Waals surface area contributed by atoms with Crippen LogP contribution < -0.4 is 11.0 Å². The second kappa shape index (κ2) is 7.32. The van der Waals surface area contributed by atoms with Crippen LogP contribution in [0.15, 0.2) is 52.4 Å². The van der Waals surface area contributed by atoms with Crippen molar-refractivity contribution in [1.29, 1.82) is 0 Å². The van der Waals surface area contributed by atoms with Gasteiger partial charge in [-0.15, -0.1) is 0 Å². The lowest BCUT2D eigenvalue weighted by Crippen LogP contribution is -2.23. The van der Waals surface area contributed by atoms with Crippen molar-refractivity contribution in [3.8, 4) is 0 Å². The Hall–Kier alpha value is -3.26. The van der Waals surface area contributed by atoms with Crippen molar-refractivity contribution in [2.75, 3.05) is 5.43 Å². The molecule has 0 saturated carbocycles. The Labute approximate surface area is 152 Å². The predicted octanol–water partition coefficient (Wildman–Crippen LogP) is 3.42. The van der Waals surface area contributed by atoms with Gasteiger partial charge in [0, 0.05) is 18.2 Å². The number of nitrogens with zero attached hydrogens (tertiary/aromatic N) is 4. The number of nitro benzene ring substituents is 1. The largest absolute Gasteiger partial charge is 0.288 e. The summed E-state index contributed by atoms with van der Waals surface area (Å²) >= 11 is 5.78. The van der Waals surface area contributed by atoms with Crippen molar-refractivity contribution < 1.29 is 4.92 Å². The van der Waals surface area contributed by atoms with Crippen LogP contribution in [-0.4, -0.2) is 20.7 Å². The van der Waals surface area contributed by atoms with Gasteiger partial charge in [0.1, 0.15) is 5.02 Å². The molecule has 0 aliphatic heterocycles. The lowest BCUT2D eigenvalue weighted by atomic mass is 10.2. The molecular formula is C17H14ClN5O3. The fraction of sp³-hybridized carbons (Fsp3) is 0.118. The zero-order valence-electron chi connectivity index (χ0n) is 13.7. The molecule has 0 atom stereocenters. The van der Waals surface area contributed by atoms with Gasteiger partial charge in [-0.25, -0.2) is 10.4 Å². The molecule has 9 heteroatoms. The van der Waals surface area contributed by atoms with Crippen LogP contribution in [-0.2, 0) is 6.54 Å². The number of hydrazone groups is 1. The molecule has 0 saturated heterocycles. The molecular weight excluding hydrogens is 358 g/mol. The highest BCUT2D eigenvalue weighted by molar-refractivity contribution is 6.32. The average Bonchev–Trinajstić information content (AvgIpc) is 2.63. The van der Waals surface area contributed by atoms with Crippen molar-refractivity contribution in [1.82, 2.24) is 9.55 Å². The monoisotopic (exact) mass is 371 g/mol. The fourth-order valence-electron chi connectivity index (χ4n) is 2.46. The van der Waals surface area contributed by atoms with Gasteiger partial charge in [0.05, 0.1) is 22.0 Å². The molecule has 0 spiro atoms. The number of hydrogen-bond acceptors (Lipinski definition) is 6. The molecule has 3 aromatic rings. The Bertz CT molecular complexity index is 1080. The highest BCUT2D eigenvalue weighted by Crippen LogP contribution is 2.24. The van der Waals surface area contributed by atoms with Gasteiger partial charge < -0.3 is 0 Å². The van der Waals surface area contributed by atoms with E-state index in [1.807, 2.05) is 6.92 Å². The number of benzene rings is 2. The van der Waals surface area contributed by atoms with Gasteiger partial charge in [-0.2, -0.15) is 5.10 Å². The van der Waals surface area contributed by atoms with Crippen LogP contribution in [0.4, 0.5) is 11.6 Å². The second-order valence-electron chi connectivity index (χ2n) is 5.34. The van der Waals surface area contributed by atoms with Crippen molar-refractivity contribution >= 4 is 40.4 Å². The summed E-state index contributed by atoms with van der Waals surface area (Å²) < 4.78 is 1.46. The molecule has 8 nitrogen and oxygen atoms in total. The third-order valence-corrected chi connectivity index (χ3v) is 4.04. The van der Waals surface area contributed by atoms with E-state index in [1.165, 1.54) is 22.9 Å². The summed E-state index contributed by atoms with van der Waals surface area (Å²) in [6, 6.07) is 11.4. The van der Waals surface area contributed by atoms with E-state index < -0.39 is 4.92 Å². The number of para-hydroxylation sites is 1. The van der Waals surface area contributed by atoms with Crippen LogP contribution in [0, 0.1) is 10.1 Å². The standard InChI is InChI=1S/C17H14ClN5O3/c1-2-22-16(24)12-5-3-4-6-14(12)20-17(22)21-19-10-11-7-8-13(18)15(9-11)23(25)26/h3-10H,2H2,1H3,(H,20,21)/b19-10-. The molecule has 0 fully saturated rings. The summed E-state index contributed by atoms with van der Waals surface area (Å²) in [6.07, 6.45) is 1.39. The van der Waals surface area contributed by atoms with Gasteiger partial charge in [-0.1, -0.05) is 29.8 Å². The van der Waals surface area contributed by atoms with Crippen molar-refractivity contribution in [2.45, 2.75) is 13.5 Å². The highest BCUT2D eigenvalue weighted by Gasteiger charge is 2.12. The number of rotatable bonds is 5. The first-order valence-corrected chi connectivity index (χ1v) is 8.11. The molecule has 0 bridgehead atoms. The van der Waals surface area contributed by atoms with E-state index in [1.54, 1.807) is 30.3 Å². The van der Waals surface area contributed by atoms with Crippen molar-refractivity contribution in [3.05, 3.63) is 73.5 Å². The number of aromatic nitrogens is 2. The lowest BCUT2D eigenvalue weighted by molar-refractivity contribution is -0.384. The smallest absolute Gasteiger partial charge is 0.277 e. The van der Waals surface area contributed by atoms with E-state index >= 15 is 0 Å². The fourth-order valence-corrected chi connectivity index (χ4v) is 2.65. The van der Waals surface area contributed by atoms with E-state index in [0.29, 0.717) is 23.0 Å². The second-order valence-corrected chi connectivity index (χ2v) is 5.75. The van der Waals surface area contributed by atoms with Crippen molar-refractivity contribution in [3.63, 3.8) is 0 Å². The molecule has 2 aromatic carbocycles. The minimum atomic E-state index is -0.563. The average molecular weight is 372 g/mol. The number of hydrogen-bond donors (Lipinski definition) is 1. The molecule has 0 aliphatic rings. The van der Waals surface area contributed by atoms with Crippen LogP contribution in [0.1, 0.15) is 12.5 Å². The Morgan fingerprint density at radius 1 is 1.35 bits per heavy atom. The minimum Gasteiger partial charge on any atom is -0.277 e. The van der Waals surface area contributed by atoms with Gasteiger partial charge in [0.15, 0.2) is 0 Å². The molecule has 1 N–H and O–H groups in total. The molecule has 132 valence electrons. The normalized spacial score (nSPS) is 11.2. The summed E-state index contributed by atoms with van der Waals surface area (Å²) in [7, 11) is 0. The van der Waals surface area contributed by atoms with E-state index in [-0.39, 0.29) is 22.2 Å². The first-order valence-electron chi connectivity index (χ1n) is 7.74. The third kappa shape index (κ3) is 3.40. The Balaban J connectivity index is 1.92. The maximum absolute atomic E-state index is 12.5. The van der Waals surface area contributed by atoms with E-state index in [2.05, 4.69) is 15.5 Å². The number of anilines is 1. The topological polar surface area (TPSA) is 102 Å². The van der Waals surface area contributed by atoms with Crippen LogP contribution in [0.2, 0.25) is 5.02 Å². The highest BCUT2D eigenvalue weighted by atomic mass is 35.5. The number of nitrogens with one attached hydrogen (secondary N) is 1. The number of halogens is 1. The van der Waals surface area contributed by atoms with E-state index in [0.717, 1.165) is 0 Å². The van der Waals surface area contributed by atoms with Gasteiger partial charge in [0.25, 0.3) is 11.2 Å². The maximum atomic E-state index is 12.5. The third-order valence-electron chi connectivity index (χ3n) is 3.72. The Morgan fingerprint density at radius 3 is 2.85 bits per heavy atom. The summed E-state index contributed by atoms with van der Waals surface area (Å²) in [6.45, 7) is 2.25.